The average Bonchev–Trinajstić information content (AvgIpc) is 2.87. The molecule has 1 saturated heterocycles. The van der Waals surface area contributed by atoms with Crippen LogP contribution < -0.4 is 5.32 Å². The van der Waals surface area contributed by atoms with E-state index in [0.717, 1.165) is 42.5 Å². The standard InChI is InChI=1S/C15H19ClN4.ClH/c1-11-9-20(6-5-17-11)10-13-8-18-19-15(13)12-3-2-4-14(16)7-12;/h2-4,7-8,11,17H,5-6,9-10H2,1H3,(H,18,19);1H. The van der Waals surface area contributed by atoms with Gasteiger partial charge in [0.2, 0.25) is 0 Å². The van der Waals surface area contributed by atoms with E-state index >= 15 is 0 Å². The molecule has 3 rings (SSSR count). The van der Waals surface area contributed by atoms with Crippen LogP contribution in [0.15, 0.2) is 30.5 Å². The Bertz CT molecular complexity index is 585. The second kappa shape index (κ2) is 7.27. The summed E-state index contributed by atoms with van der Waals surface area (Å²) < 4.78 is 0. The van der Waals surface area contributed by atoms with E-state index in [1.165, 1.54) is 5.56 Å². The van der Waals surface area contributed by atoms with Crippen molar-refractivity contribution >= 4 is 24.0 Å². The van der Waals surface area contributed by atoms with Crippen molar-refractivity contribution < 1.29 is 0 Å². The molecule has 1 fully saturated rings. The highest BCUT2D eigenvalue weighted by molar-refractivity contribution is 6.30. The van der Waals surface area contributed by atoms with Gasteiger partial charge in [-0.25, -0.2) is 0 Å². The van der Waals surface area contributed by atoms with Gasteiger partial charge in [-0.15, -0.1) is 12.4 Å². The van der Waals surface area contributed by atoms with Crippen molar-refractivity contribution in [1.29, 1.82) is 0 Å². The number of piperazine rings is 1. The van der Waals surface area contributed by atoms with Crippen LogP contribution in [0, 0.1) is 0 Å². The van der Waals surface area contributed by atoms with Crippen LogP contribution in [-0.4, -0.2) is 40.8 Å². The second-order valence-corrected chi connectivity index (χ2v) is 5.81. The van der Waals surface area contributed by atoms with Gasteiger partial charge in [0.05, 0.1) is 11.9 Å². The summed E-state index contributed by atoms with van der Waals surface area (Å²) in [5.74, 6) is 0. The third-order valence-corrected chi connectivity index (χ3v) is 3.91. The molecule has 1 atom stereocenters. The number of aromatic nitrogens is 2. The van der Waals surface area contributed by atoms with Gasteiger partial charge in [-0.3, -0.25) is 10.00 Å². The maximum absolute atomic E-state index is 6.07. The lowest BCUT2D eigenvalue weighted by atomic mass is 10.1. The van der Waals surface area contributed by atoms with Crippen LogP contribution in [0.5, 0.6) is 0 Å². The van der Waals surface area contributed by atoms with Gasteiger partial charge in [-0.05, 0) is 19.1 Å². The van der Waals surface area contributed by atoms with Crippen molar-refractivity contribution in [3.8, 4) is 11.3 Å². The van der Waals surface area contributed by atoms with Gasteiger partial charge in [-0.1, -0.05) is 23.7 Å². The molecule has 2 aromatic rings. The van der Waals surface area contributed by atoms with Gasteiger partial charge in [0, 0.05) is 48.4 Å². The highest BCUT2D eigenvalue weighted by Crippen LogP contribution is 2.25. The molecule has 4 nitrogen and oxygen atoms in total. The number of H-pyrrole nitrogens is 1. The molecule has 21 heavy (non-hydrogen) atoms. The van der Waals surface area contributed by atoms with E-state index in [2.05, 4.69) is 33.4 Å². The topological polar surface area (TPSA) is 44.0 Å². The summed E-state index contributed by atoms with van der Waals surface area (Å²) in [6.45, 7) is 6.33. The van der Waals surface area contributed by atoms with Crippen molar-refractivity contribution in [1.82, 2.24) is 20.4 Å². The molecule has 1 aromatic carbocycles. The number of rotatable bonds is 3. The van der Waals surface area contributed by atoms with Gasteiger partial charge < -0.3 is 5.32 Å². The molecular formula is C15H20Cl2N4. The van der Waals surface area contributed by atoms with E-state index in [0.29, 0.717) is 6.04 Å². The monoisotopic (exact) mass is 326 g/mol. The lowest BCUT2D eigenvalue weighted by Gasteiger charge is -2.31. The van der Waals surface area contributed by atoms with Crippen LogP contribution in [0.1, 0.15) is 12.5 Å². The zero-order valence-corrected chi connectivity index (χ0v) is 13.5. The quantitative estimate of drug-likeness (QED) is 0.911. The Labute approximate surface area is 136 Å². The fraction of sp³-hybridized carbons (Fsp3) is 0.400. The van der Waals surface area contributed by atoms with E-state index in [4.69, 9.17) is 11.6 Å². The maximum Gasteiger partial charge on any atom is 0.0695 e. The van der Waals surface area contributed by atoms with Gasteiger partial charge in [0.1, 0.15) is 0 Å². The third-order valence-electron chi connectivity index (χ3n) is 3.68. The summed E-state index contributed by atoms with van der Waals surface area (Å²) >= 11 is 6.07. The molecule has 2 heterocycles. The Morgan fingerprint density at radius 2 is 2.29 bits per heavy atom. The van der Waals surface area contributed by atoms with Crippen molar-refractivity contribution in [3.63, 3.8) is 0 Å². The molecular weight excluding hydrogens is 307 g/mol. The molecule has 0 spiro atoms. The molecule has 0 aliphatic carbocycles. The maximum atomic E-state index is 6.07. The molecule has 0 saturated carbocycles. The highest BCUT2D eigenvalue weighted by atomic mass is 35.5. The van der Waals surface area contributed by atoms with Gasteiger partial charge in [-0.2, -0.15) is 5.10 Å². The Balaban J connectivity index is 0.00000161. The first-order chi connectivity index (χ1) is 9.72. The smallest absolute Gasteiger partial charge is 0.0695 e. The summed E-state index contributed by atoms with van der Waals surface area (Å²) in [7, 11) is 0. The van der Waals surface area contributed by atoms with E-state index < -0.39 is 0 Å². The number of nitrogens with one attached hydrogen (secondary N) is 2. The van der Waals surface area contributed by atoms with Crippen molar-refractivity contribution in [2.45, 2.75) is 19.5 Å². The lowest BCUT2D eigenvalue weighted by molar-refractivity contribution is 0.200. The minimum Gasteiger partial charge on any atom is -0.312 e. The van der Waals surface area contributed by atoms with E-state index in [-0.39, 0.29) is 12.4 Å². The fourth-order valence-electron chi connectivity index (χ4n) is 2.72. The van der Waals surface area contributed by atoms with Crippen molar-refractivity contribution in [2.75, 3.05) is 19.6 Å². The van der Waals surface area contributed by atoms with Crippen molar-refractivity contribution in [2.24, 2.45) is 0 Å². The van der Waals surface area contributed by atoms with Crippen LogP contribution >= 0.6 is 24.0 Å². The number of halogens is 2. The molecule has 1 aliphatic rings. The molecule has 2 N–H and O–H groups in total. The molecule has 114 valence electrons. The predicted molar refractivity (Wildman–Crippen MR) is 89.0 cm³/mol. The third kappa shape index (κ3) is 3.98. The highest BCUT2D eigenvalue weighted by Gasteiger charge is 2.18. The Hall–Kier alpha value is -1.07. The SMILES string of the molecule is CC1CN(Cc2cn[nH]c2-c2cccc(Cl)c2)CCN1.Cl. The summed E-state index contributed by atoms with van der Waals surface area (Å²) in [6, 6.07) is 8.43. The van der Waals surface area contributed by atoms with Crippen LogP contribution in [0.3, 0.4) is 0 Å². The lowest BCUT2D eigenvalue weighted by Crippen LogP contribution is -2.48. The number of hydrogen-bond donors (Lipinski definition) is 2. The number of aromatic amines is 1. The first kappa shape index (κ1) is 16.3. The summed E-state index contributed by atoms with van der Waals surface area (Å²) in [5.41, 5.74) is 3.38. The molecule has 0 bridgehead atoms. The van der Waals surface area contributed by atoms with Crippen molar-refractivity contribution in [3.05, 3.63) is 41.0 Å². The minimum absolute atomic E-state index is 0. The Morgan fingerprint density at radius 1 is 1.43 bits per heavy atom. The second-order valence-electron chi connectivity index (χ2n) is 5.37. The summed E-state index contributed by atoms with van der Waals surface area (Å²) in [4.78, 5) is 2.46. The van der Waals surface area contributed by atoms with Gasteiger partial charge >= 0.3 is 0 Å². The summed E-state index contributed by atoms with van der Waals surface area (Å²) in [5, 5.41) is 11.5. The largest absolute Gasteiger partial charge is 0.312 e. The fourth-order valence-corrected chi connectivity index (χ4v) is 2.91. The van der Waals surface area contributed by atoms with E-state index in [1.807, 2.05) is 24.4 Å². The molecule has 1 aromatic heterocycles. The van der Waals surface area contributed by atoms with Crippen LogP contribution in [0.25, 0.3) is 11.3 Å². The molecule has 0 radical (unpaired) electrons. The zero-order valence-electron chi connectivity index (χ0n) is 12.0. The average molecular weight is 327 g/mol. The van der Waals surface area contributed by atoms with Gasteiger partial charge in [0.15, 0.2) is 0 Å². The normalized spacial score (nSPS) is 19.2. The number of benzene rings is 1. The predicted octanol–water partition coefficient (Wildman–Crippen LogP) is 2.95. The Kier molecular flexibility index (Phi) is 5.65. The van der Waals surface area contributed by atoms with Crippen LogP contribution in [0.4, 0.5) is 0 Å². The molecule has 0 amide bonds. The number of hydrogen-bond acceptors (Lipinski definition) is 3. The van der Waals surface area contributed by atoms with E-state index in [1.54, 1.807) is 0 Å². The Morgan fingerprint density at radius 3 is 3.05 bits per heavy atom. The van der Waals surface area contributed by atoms with Crippen LogP contribution in [0.2, 0.25) is 5.02 Å². The first-order valence-electron chi connectivity index (χ1n) is 6.96. The minimum atomic E-state index is 0. The molecule has 1 aliphatic heterocycles. The zero-order chi connectivity index (χ0) is 13.9. The molecule has 6 heteroatoms. The first-order valence-corrected chi connectivity index (χ1v) is 7.34. The van der Waals surface area contributed by atoms with Gasteiger partial charge in [0.25, 0.3) is 0 Å². The summed E-state index contributed by atoms with van der Waals surface area (Å²) in [6.07, 6.45) is 1.92. The van der Waals surface area contributed by atoms with E-state index in [9.17, 15) is 0 Å². The number of nitrogens with zero attached hydrogens (tertiary/aromatic N) is 2. The van der Waals surface area contributed by atoms with Crippen LogP contribution in [-0.2, 0) is 6.54 Å². The molecule has 1 unspecified atom stereocenters.